The van der Waals surface area contributed by atoms with Crippen LogP contribution in [0.5, 0.6) is 0 Å². The molecule has 1 atom stereocenters. The van der Waals surface area contributed by atoms with Crippen LogP contribution in [0.25, 0.3) is 0 Å². The molecule has 1 nitrogen and oxygen atoms in total. The predicted octanol–water partition coefficient (Wildman–Crippen LogP) is 2.55. The van der Waals surface area contributed by atoms with Gasteiger partial charge in [0.2, 0.25) is 0 Å². The minimum atomic E-state index is -1.61. The fraction of sp³-hybridized carbons (Fsp3) is 0.125. The van der Waals surface area contributed by atoms with E-state index in [-0.39, 0.29) is 16.9 Å². The van der Waals surface area contributed by atoms with Gasteiger partial charge in [-0.2, -0.15) is 0 Å². The summed E-state index contributed by atoms with van der Waals surface area (Å²) in [5.74, 6) is 0. The Morgan fingerprint density at radius 1 is 1.45 bits per heavy atom. The van der Waals surface area contributed by atoms with Gasteiger partial charge in [0.05, 0.1) is 0 Å². The van der Waals surface area contributed by atoms with Gasteiger partial charge < -0.3 is 0 Å². The molecule has 58 valence electrons. The van der Waals surface area contributed by atoms with Gasteiger partial charge in [0, 0.05) is 10.6 Å². The minimum absolute atomic E-state index is 0.223. The number of rotatable bonds is 2. The number of hydrogen-bond acceptors (Lipinski definition) is 1. The highest BCUT2D eigenvalue weighted by Crippen LogP contribution is 2.23. The lowest BCUT2D eigenvalue weighted by molar-refractivity contribution is -0.112. The maximum absolute atomic E-state index is 12.7. The first-order valence-electron chi connectivity index (χ1n) is 3.09. The first-order valence-corrected chi connectivity index (χ1v) is 3.47. The molecule has 1 aromatic rings. The molecule has 0 spiro atoms. The van der Waals surface area contributed by atoms with Gasteiger partial charge in [-0.05, 0) is 6.07 Å². The number of aldehydes is 1. The molecule has 1 rings (SSSR count). The smallest absolute Gasteiger partial charge is 0.182 e. The summed E-state index contributed by atoms with van der Waals surface area (Å²) in [6.45, 7) is 0. The van der Waals surface area contributed by atoms with E-state index in [0.29, 0.717) is 0 Å². The van der Waals surface area contributed by atoms with E-state index in [4.69, 9.17) is 11.6 Å². The zero-order valence-electron chi connectivity index (χ0n) is 5.63. The molecule has 1 unspecified atom stereocenters. The summed E-state index contributed by atoms with van der Waals surface area (Å²) in [5.41, 5.74) is 0.226. The van der Waals surface area contributed by atoms with Crippen LogP contribution in [0.4, 0.5) is 4.39 Å². The van der Waals surface area contributed by atoms with Crippen LogP contribution in [-0.4, -0.2) is 6.29 Å². The monoisotopic (exact) mass is 172 g/mol. The van der Waals surface area contributed by atoms with Crippen molar-refractivity contribution >= 4 is 17.9 Å². The van der Waals surface area contributed by atoms with Crippen molar-refractivity contribution in [1.82, 2.24) is 0 Å². The Bertz CT molecular complexity index is 262. The van der Waals surface area contributed by atoms with E-state index in [1.165, 1.54) is 6.07 Å². The van der Waals surface area contributed by atoms with E-state index in [9.17, 15) is 9.18 Å². The molecule has 0 aliphatic heterocycles. The first kappa shape index (κ1) is 8.21. The second-order valence-electron chi connectivity index (χ2n) is 2.06. The molecular formula is C8H6ClFO. The zero-order chi connectivity index (χ0) is 8.27. The Kier molecular flexibility index (Phi) is 2.60. The van der Waals surface area contributed by atoms with Crippen LogP contribution in [0.15, 0.2) is 24.3 Å². The van der Waals surface area contributed by atoms with Crippen molar-refractivity contribution in [2.75, 3.05) is 0 Å². The summed E-state index contributed by atoms with van der Waals surface area (Å²) in [7, 11) is 0. The Morgan fingerprint density at radius 3 is 2.64 bits per heavy atom. The number of carbonyl (C=O) groups excluding carboxylic acids is 1. The van der Waals surface area contributed by atoms with Crippen LogP contribution in [-0.2, 0) is 4.79 Å². The van der Waals surface area contributed by atoms with Crippen molar-refractivity contribution in [1.29, 1.82) is 0 Å². The zero-order valence-corrected chi connectivity index (χ0v) is 6.38. The van der Waals surface area contributed by atoms with Gasteiger partial charge in [-0.1, -0.05) is 29.8 Å². The summed E-state index contributed by atoms with van der Waals surface area (Å²) < 4.78 is 12.7. The van der Waals surface area contributed by atoms with E-state index in [1.807, 2.05) is 0 Å². The number of halogens is 2. The molecule has 3 heteroatoms. The largest absolute Gasteiger partial charge is 0.300 e. The van der Waals surface area contributed by atoms with E-state index >= 15 is 0 Å². The van der Waals surface area contributed by atoms with Gasteiger partial charge in [-0.25, -0.2) is 4.39 Å². The molecule has 1 aromatic carbocycles. The molecule has 11 heavy (non-hydrogen) atoms. The SMILES string of the molecule is O=CC(F)c1ccccc1Cl. The molecule has 0 saturated carbocycles. The highest BCUT2D eigenvalue weighted by Gasteiger charge is 2.10. The Hall–Kier alpha value is -0.890. The lowest BCUT2D eigenvalue weighted by atomic mass is 10.1. The van der Waals surface area contributed by atoms with Crippen LogP contribution in [0.2, 0.25) is 5.02 Å². The minimum Gasteiger partial charge on any atom is -0.300 e. The van der Waals surface area contributed by atoms with Crippen LogP contribution in [0, 0.1) is 0 Å². The van der Waals surface area contributed by atoms with Gasteiger partial charge in [0.15, 0.2) is 12.5 Å². The van der Waals surface area contributed by atoms with Gasteiger partial charge in [0.25, 0.3) is 0 Å². The van der Waals surface area contributed by atoms with E-state index in [0.717, 1.165) is 0 Å². The molecular weight excluding hydrogens is 167 g/mol. The molecule has 0 aliphatic rings. The number of hydrogen-bond donors (Lipinski definition) is 0. The lowest BCUT2D eigenvalue weighted by Crippen LogP contribution is -1.92. The van der Waals surface area contributed by atoms with E-state index < -0.39 is 6.17 Å². The molecule has 0 saturated heterocycles. The maximum Gasteiger partial charge on any atom is 0.182 e. The average Bonchev–Trinajstić information content (AvgIpc) is 2.04. The lowest BCUT2D eigenvalue weighted by Gasteiger charge is -2.01. The quantitative estimate of drug-likeness (QED) is 0.627. The topological polar surface area (TPSA) is 17.1 Å². The fourth-order valence-corrected chi connectivity index (χ4v) is 1.01. The molecule has 0 aromatic heterocycles. The van der Waals surface area contributed by atoms with Crippen LogP contribution >= 0.6 is 11.6 Å². The fourth-order valence-electron chi connectivity index (χ4n) is 0.772. The molecule has 0 aliphatic carbocycles. The maximum atomic E-state index is 12.7. The first-order chi connectivity index (χ1) is 5.25. The third-order valence-electron chi connectivity index (χ3n) is 1.32. The summed E-state index contributed by atoms with van der Waals surface area (Å²) in [6, 6.07) is 6.36. The summed E-state index contributed by atoms with van der Waals surface area (Å²) >= 11 is 5.60. The van der Waals surface area contributed by atoms with Crippen molar-refractivity contribution < 1.29 is 9.18 Å². The second kappa shape index (κ2) is 3.49. The van der Waals surface area contributed by atoms with Crippen molar-refractivity contribution in [3.63, 3.8) is 0 Å². The van der Waals surface area contributed by atoms with Gasteiger partial charge in [-0.3, -0.25) is 4.79 Å². The van der Waals surface area contributed by atoms with Crippen molar-refractivity contribution in [3.8, 4) is 0 Å². The van der Waals surface area contributed by atoms with Crippen molar-refractivity contribution in [2.24, 2.45) is 0 Å². The molecule has 0 bridgehead atoms. The predicted molar refractivity (Wildman–Crippen MR) is 41.4 cm³/mol. The molecule has 0 heterocycles. The van der Waals surface area contributed by atoms with Crippen LogP contribution in [0.1, 0.15) is 11.7 Å². The van der Waals surface area contributed by atoms with Crippen molar-refractivity contribution in [3.05, 3.63) is 34.9 Å². The van der Waals surface area contributed by atoms with Crippen LogP contribution < -0.4 is 0 Å². The number of carbonyl (C=O) groups is 1. The summed E-state index contributed by atoms with van der Waals surface area (Å²) in [4.78, 5) is 10.0. The third-order valence-corrected chi connectivity index (χ3v) is 1.67. The van der Waals surface area contributed by atoms with Crippen molar-refractivity contribution in [2.45, 2.75) is 6.17 Å². The highest BCUT2D eigenvalue weighted by molar-refractivity contribution is 6.31. The highest BCUT2D eigenvalue weighted by atomic mass is 35.5. The normalized spacial score (nSPS) is 12.5. The molecule has 0 radical (unpaired) electrons. The number of benzene rings is 1. The van der Waals surface area contributed by atoms with Gasteiger partial charge in [-0.15, -0.1) is 0 Å². The average molecular weight is 173 g/mol. The third kappa shape index (κ3) is 1.77. The molecule has 0 N–H and O–H groups in total. The standard InChI is InChI=1S/C8H6ClFO/c9-7-4-2-1-3-6(7)8(10)5-11/h1-5,8H. The summed E-state index contributed by atoms with van der Waals surface area (Å²) in [6.07, 6.45) is -1.38. The van der Waals surface area contributed by atoms with Gasteiger partial charge >= 0.3 is 0 Å². The summed E-state index contributed by atoms with van der Waals surface area (Å²) in [5, 5.41) is 0.284. The molecule has 0 amide bonds. The van der Waals surface area contributed by atoms with E-state index in [2.05, 4.69) is 0 Å². The van der Waals surface area contributed by atoms with Crippen LogP contribution in [0.3, 0.4) is 0 Å². The Morgan fingerprint density at radius 2 is 2.09 bits per heavy atom. The van der Waals surface area contributed by atoms with Gasteiger partial charge in [0.1, 0.15) is 0 Å². The van der Waals surface area contributed by atoms with E-state index in [1.54, 1.807) is 18.2 Å². The second-order valence-corrected chi connectivity index (χ2v) is 2.47. The Balaban J connectivity index is 3.02. The number of alkyl halides is 1. The molecule has 0 fully saturated rings. The Labute approximate surface area is 68.8 Å².